The van der Waals surface area contributed by atoms with Crippen molar-refractivity contribution in [3.8, 4) is 5.69 Å². The van der Waals surface area contributed by atoms with Gasteiger partial charge in [0.15, 0.2) is 11.5 Å². The predicted octanol–water partition coefficient (Wildman–Crippen LogP) is 8.95. The van der Waals surface area contributed by atoms with Crippen molar-refractivity contribution in [1.82, 2.24) is 9.14 Å². The van der Waals surface area contributed by atoms with Crippen molar-refractivity contribution in [2.75, 3.05) is 0 Å². The molecule has 2 aliphatic rings. The average molecular weight is 605 g/mol. The van der Waals surface area contributed by atoms with E-state index in [1.807, 2.05) is 50.2 Å². The molecule has 0 N–H and O–H groups in total. The molecule has 5 aromatic rings. The molecule has 230 valence electrons. The van der Waals surface area contributed by atoms with Crippen molar-refractivity contribution >= 4 is 44.9 Å². The number of Topliss-reactive ketones (excluding diaryl/α,β-unsaturated/α-hetero) is 1. The number of nitrogens with zero attached hydrogens (tertiary/aromatic N) is 2. The van der Waals surface area contributed by atoms with Gasteiger partial charge in [0.05, 0.1) is 16.7 Å². The molecule has 0 radical (unpaired) electrons. The third-order valence-electron chi connectivity index (χ3n) is 9.61. The summed E-state index contributed by atoms with van der Waals surface area (Å²) in [5.74, 6) is -0.374. The number of rotatable bonds is 3. The first-order valence-electron chi connectivity index (χ1n) is 16.0. The zero-order valence-electron chi connectivity index (χ0n) is 27.9. The van der Waals surface area contributed by atoms with Gasteiger partial charge in [0, 0.05) is 58.6 Å². The van der Waals surface area contributed by atoms with Gasteiger partial charge < -0.3 is 9.67 Å². The van der Waals surface area contributed by atoms with E-state index in [2.05, 4.69) is 111 Å². The first-order chi connectivity index (χ1) is 21.8. The topological polar surface area (TPSA) is 48.1 Å². The molecule has 4 heteroatoms. The van der Waals surface area contributed by atoms with Crippen molar-refractivity contribution in [3.63, 3.8) is 0 Å². The minimum atomic E-state index is -0.187. The van der Waals surface area contributed by atoms with Crippen molar-refractivity contribution in [3.05, 3.63) is 136 Å². The van der Waals surface area contributed by atoms with E-state index in [9.17, 15) is 9.90 Å². The van der Waals surface area contributed by atoms with Gasteiger partial charge in [0.1, 0.15) is 0 Å². The second-order valence-electron chi connectivity index (χ2n) is 14.6. The molecule has 1 aliphatic heterocycles. The SMILES string of the molecule is CC1=[N+](c2ccc(C(C)(C)C)cc2)c2ccccc2/C1=C1/C(=O)C(c2c(C)n(-c3ccc(C(C)(C)C)cc3)c3ccccc23)=C1[O-]. The lowest BCUT2D eigenvalue weighted by atomic mass is 9.78. The Morgan fingerprint density at radius 1 is 0.652 bits per heavy atom. The minimum Gasteiger partial charge on any atom is -0.871 e. The molecule has 1 aliphatic carbocycles. The molecule has 46 heavy (non-hydrogen) atoms. The quantitative estimate of drug-likeness (QED) is 0.152. The summed E-state index contributed by atoms with van der Waals surface area (Å²) in [6, 6.07) is 33.3. The number of para-hydroxylation sites is 2. The maximum Gasteiger partial charge on any atom is 0.219 e. The third kappa shape index (κ3) is 4.42. The molecule has 0 amide bonds. The number of hydrogen-bond donors (Lipinski definition) is 0. The Bertz CT molecular complexity index is 2170. The van der Waals surface area contributed by atoms with Crippen LogP contribution >= 0.6 is 0 Å². The van der Waals surface area contributed by atoms with Gasteiger partial charge in [-0.1, -0.05) is 102 Å². The molecule has 4 nitrogen and oxygen atoms in total. The zero-order chi connectivity index (χ0) is 32.7. The van der Waals surface area contributed by atoms with Gasteiger partial charge in [-0.25, -0.2) is 0 Å². The molecule has 4 aromatic carbocycles. The van der Waals surface area contributed by atoms with Gasteiger partial charge in [-0.2, -0.15) is 4.58 Å². The van der Waals surface area contributed by atoms with E-state index in [0.717, 1.165) is 56.1 Å². The van der Waals surface area contributed by atoms with Crippen LogP contribution < -0.4 is 9.68 Å². The van der Waals surface area contributed by atoms with E-state index in [1.165, 1.54) is 11.1 Å². The second kappa shape index (κ2) is 10.3. The van der Waals surface area contributed by atoms with Crippen LogP contribution in [0, 0.1) is 6.92 Å². The first kappa shape index (κ1) is 29.7. The van der Waals surface area contributed by atoms with Gasteiger partial charge in [0.25, 0.3) is 0 Å². The monoisotopic (exact) mass is 604 g/mol. The van der Waals surface area contributed by atoms with Crippen LogP contribution in [-0.2, 0) is 15.6 Å². The van der Waals surface area contributed by atoms with E-state index in [-0.39, 0.29) is 33.5 Å². The van der Waals surface area contributed by atoms with Crippen molar-refractivity contribution in [2.24, 2.45) is 0 Å². The second-order valence-corrected chi connectivity index (χ2v) is 14.6. The normalized spacial score (nSPS) is 16.8. The number of hydrogen-bond acceptors (Lipinski definition) is 2. The van der Waals surface area contributed by atoms with Gasteiger partial charge in [0.2, 0.25) is 11.4 Å². The molecule has 0 bridgehead atoms. The Morgan fingerprint density at radius 3 is 1.83 bits per heavy atom. The van der Waals surface area contributed by atoms with E-state index in [1.54, 1.807) is 0 Å². The third-order valence-corrected chi connectivity index (χ3v) is 9.61. The van der Waals surface area contributed by atoms with Crippen LogP contribution in [0.15, 0.2) is 108 Å². The molecule has 0 saturated carbocycles. The van der Waals surface area contributed by atoms with Gasteiger partial charge in [-0.15, -0.1) is 0 Å². The number of allylic oxidation sites excluding steroid dienone is 3. The van der Waals surface area contributed by atoms with Crippen molar-refractivity contribution in [1.29, 1.82) is 0 Å². The van der Waals surface area contributed by atoms with Crippen LogP contribution in [-0.4, -0.2) is 16.1 Å². The van der Waals surface area contributed by atoms with Crippen LogP contribution in [0.4, 0.5) is 11.4 Å². The fourth-order valence-electron chi connectivity index (χ4n) is 7.10. The number of fused-ring (bicyclic) bond motifs is 2. The molecule has 0 saturated heterocycles. The summed E-state index contributed by atoms with van der Waals surface area (Å²) < 4.78 is 4.34. The van der Waals surface area contributed by atoms with E-state index in [4.69, 9.17) is 0 Å². The molecule has 2 heterocycles. The van der Waals surface area contributed by atoms with Crippen molar-refractivity contribution in [2.45, 2.75) is 66.2 Å². The summed E-state index contributed by atoms with van der Waals surface area (Å²) in [5, 5.41) is 15.2. The maximum atomic E-state index is 14.3. The first-order valence-corrected chi connectivity index (χ1v) is 16.0. The fourth-order valence-corrected chi connectivity index (χ4v) is 7.10. The van der Waals surface area contributed by atoms with Gasteiger partial charge in [-0.05, 0) is 53.1 Å². The van der Waals surface area contributed by atoms with Crippen molar-refractivity contribution < 1.29 is 9.90 Å². The van der Waals surface area contributed by atoms with Gasteiger partial charge in [-0.3, -0.25) is 4.79 Å². The van der Waals surface area contributed by atoms with Crippen LogP contribution in [0.3, 0.4) is 0 Å². The molecular weight excluding hydrogens is 564 g/mol. The molecule has 0 atom stereocenters. The Hall–Kier alpha value is -4.96. The van der Waals surface area contributed by atoms with Crippen LogP contribution in [0.2, 0.25) is 0 Å². The van der Waals surface area contributed by atoms with E-state index < -0.39 is 0 Å². The highest BCUT2D eigenvalue weighted by Crippen LogP contribution is 2.47. The molecule has 0 spiro atoms. The molecule has 1 aromatic heterocycles. The summed E-state index contributed by atoms with van der Waals surface area (Å²) in [5.41, 5.74) is 11.3. The minimum absolute atomic E-state index is 0.0431. The average Bonchev–Trinajstić information content (AvgIpc) is 3.47. The largest absolute Gasteiger partial charge is 0.871 e. The molecular formula is C42H40N2O2. The maximum absolute atomic E-state index is 14.3. The van der Waals surface area contributed by atoms with Gasteiger partial charge >= 0.3 is 0 Å². The Morgan fingerprint density at radius 2 is 1.22 bits per heavy atom. The summed E-state index contributed by atoms with van der Waals surface area (Å²) in [4.78, 5) is 14.3. The lowest BCUT2D eigenvalue weighted by Crippen LogP contribution is -2.31. The fraction of sp³-hybridized carbons (Fsp3) is 0.238. The predicted molar refractivity (Wildman–Crippen MR) is 189 cm³/mol. The highest BCUT2D eigenvalue weighted by molar-refractivity contribution is 6.47. The van der Waals surface area contributed by atoms with Crippen LogP contribution in [0.1, 0.15) is 76.4 Å². The lowest BCUT2D eigenvalue weighted by Gasteiger charge is -2.32. The smallest absolute Gasteiger partial charge is 0.219 e. The summed E-state index contributed by atoms with van der Waals surface area (Å²) in [6.45, 7) is 17.3. The molecule has 0 fully saturated rings. The van der Waals surface area contributed by atoms with Crippen LogP contribution in [0.5, 0.6) is 0 Å². The molecule has 0 unspecified atom stereocenters. The number of carbonyl (C=O) groups is 1. The Balaban J connectivity index is 1.39. The summed E-state index contributed by atoms with van der Waals surface area (Å²) in [6.07, 6.45) is 0. The van der Waals surface area contributed by atoms with Crippen LogP contribution in [0.25, 0.3) is 27.7 Å². The Kier molecular flexibility index (Phi) is 6.65. The van der Waals surface area contributed by atoms with E-state index >= 15 is 0 Å². The Labute approximate surface area is 271 Å². The number of benzene rings is 4. The summed E-state index contributed by atoms with van der Waals surface area (Å²) in [7, 11) is 0. The lowest BCUT2D eigenvalue weighted by molar-refractivity contribution is -0.297. The number of carbonyl (C=O) groups excluding carboxylic acids is 1. The number of aromatic nitrogens is 1. The number of ketones is 1. The zero-order valence-corrected chi connectivity index (χ0v) is 27.9. The standard InChI is InChI=1S/C42H40N2O2/c1-25-35(31-13-9-11-15-33(31)43(25)29-21-17-27(18-22-29)41(3,4)5)37-39(45)38(40(37)46)36-26(2)44(34-16-12-10-14-32(34)36)30-23-19-28(20-24-30)42(6,7)8/h9-24H,1-8H3. The summed E-state index contributed by atoms with van der Waals surface area (Å²) >= 11 is 0. The highest BCUT2D eigenvalue weighted by Gasteiger charge is 2.42. The molecule has 7 rings (SSSR count). The highest BCUT2D eigenvalue weighted by atomic mass is 16.3. The van der Waals surface area contributed by atoms with E-state index in [0.29, 0.717) is 0 Å².